The Balaban J connectivity index is 2.41. The van der Waals surface area contributed by atoms with Crippen LogP contribution in [0.5, 0.6) is 0 Å². The molecule has 0 heterocycles. The molecule has 0 spiro atoms. The molecule has 0 aromatic rings. The van der Waals surface area contributed by atoms with Crippen molar-refractivity contribution in [2.75, 3.05) is 32.1 Å². The topological polar surface area (TPSA) is 73.2 Å². The SMILES string of the molecule is CN(CCS(C)(=O)=O)CC(C)(C#N)NC1CC1. The van der Waals surface area contributed by atoms with Crippen molar-refractivity contribution in [2.45, 2.75) is 31.3 Å². The molecule has 0 aromatic heterocycles. The van der Waals surface area contributed by atoms with Crippen LogP contribution in [0.3, 0.4) is 0 Å². The van der Waals surface area contributed by atoms with E-state index in [1.54, 1.807) is 0 Å². The molecule has 6 heteroatoms. The molecule has 0 saturated heterocycles. The molecule has 1 aliphatic rings. The molecule has 1 aliphatic carbocycles. The normalized spacial score (nSPS) is 19.9. The number of sulfone groups is 1. The second-order valence-corrected chi connectivity index (χ2v) is 7.49. The molecule has 0 aliphatic heterocycles. The van der Waals surface area contributed by atoms with Crippen molar-refractivity contribution < 1.29 is 8.42 Å². The molecule has 1 fully saturated rings. The van der Waals surface area contributed by atoms with Crippen molar-refractivity contribution in [2.24, 2.45) is 0 Å². The largest absolute Gasteiger partial charge is 0.302 e. The first kappa shape index (κ1) is 14.4. The Labute approximate surface area is 104 Å². The Morgan fingerprint density at radius 2 is 2.12 bits per heavy atom. The van der Waals surface area contributed by atoms with Gasteiger partial charge in [-0.05, 0) is 26.8 Å². The summed E-state index contributed by atoms with van der Waals surface area (Å²) in [5.41, 5.74) is -0.590. The molecule has 1 rings (SSSR count). The summed E-state index contributed by atoms with van der Waals surface area (Å²) < 4.78 is 22.1. The molecule has 0 bridgehead atoms. The molecule has 1 N–H and O–H groups in total. The molecule has 1 atom stereocenters. The van der Waals surface area contributed by atoms with Crippen LogP contribution in [0.1, 0.15) is 19.8 Å². The highest BCUT2D eigenvalue weighted by molar-refractivity contribution is 7.90. The van der Waals surface area contributed by atoms with Gasteiger partial charge in [0.1, 0.15) is 15.4 Å². The first-order chi connectivity index (χ1) is 7.74. The molecular formula is C11H21N3O2S. The fraction of sp³-hybridized carbons (Fsp3) is 0.909. The van der Waals surface area contributed by atoms with Crippen LogP contribution in [0.2, 0.25) is 0 Å². The molecule has 0 aromatic carbocycles. The Hall–Kier alpha value is -0.640. The smallest absolute Gasteiger partial charge is 0.148 e. The maximum absolute atomic E-state index is 11.1. The molecule has 98 valence electrons. The third kappa shape index (κ3) is 6.01. The molecule has 5 nitrogen and oxygen atoms in total. The Morgan fingerprint density at radius 3 is 2.53 bits per heavy atom. The zero-order valence-electron chi connectivity index (χ0n) is 10.7. The van der Waals surface area contributed by atoms with Gasteiger partial charge in [0, 0.05) is 25.4 Å². The lowest BCUT2D eigenvalue weighted by molar-refractivity contribution is 0.269. The zero-order chi connectivity index (χ0) is 13.1. The molecule has 0 amide bonds. The molecule has 17 heavy (non-hydrogen) atoms. The van der Waals surface area contributed by atoms with Gasteiger partial charge in [-0.1, -0.05) is 0 Å². The van der Waals surface area contributed by atoms with E-state index in [0.717, 1.165) is 12.8 Å². The van der Waals surface area contributed by atoms with Gasteiger partial charge >= 0.3 is 0 Å². The number of rotatable bonds is 7. The van der Waals surface area contributed by atoms with Crippen molar-refractivity contribution in [3.8, 4) is 6.07 Å². The third-order valence-corrected chi connectivity index (χ3v) is 3.70. The number of nitrogens with zero attached hydrogens (tertiary/aromatic N) is 2. The van der Waals surface area contributed by atoms with Crippen LogP contribution >= 0.6 is 0 Å². The lowest BCUT2D eigenvalue weighted by Gasteiger charge is -2.28. The van der Waals surface area contributed by atoms with Gasteiger partial charge in [-0.2, -0.15) is 5.26 Å². The lowest BCUT2D eigenvalue weighted by atomic mass is 10.0. The second-order valence-electron chi connectivity index (χ2n) is 5.23. The highest BCUT2D eigenvalue weighted by atomic mass is 32.2. The monoisotopic (exact) mass is 259 g/mol. The van der Waals surface area contributed by atoms with Gasteiger partial charge in [-0.15, -0.1) is 0 Å². The van der Waals surface area contributed by atoms with Gasteiger partial charge in [0.15, 0.2) is 0 Å². The number of nitriles is 1. The van der Waals surface area contributed by atoms with E-state index in [0.29, 0.717) is 19.1 Å². The number of hydrogen-bond acceptors (Lipinski definition) is 5. The first-order valence-electron chi connectivity index (χ1n) is 5.79. The van der Waals surface area contributed by atoms with E-state index in [1.165, 1.54) is 6.26 Å². The predicted octanol–water partition coefficient (Wildman–Crippen LogP) is -0.00292. The van der Waals surface area contributed by atoms with Crippen LogP contribution in [0, 0.1) is 11.3 Å². The molecule has 1 saturated carbocycles. The minimum atomic E-state index is -2.94. The summed E-state index contributed by atoms with van der Waals surface area (Å²) in [6.07, 6.45) is 3.49. The van der Waals surface area contributed by atoms with E-state index >= 15 is 0 Å². The van der Waals surface area contributed by atoms with Gasteiger partial charge in [-0.3, -0.25) is 5.32 Å². The minimum absolute atomic E-state index is 0.133. The second kappa shape index (κ2) is 5.34. The van der Waals surface area contributed by atoms with Crippen LogP contribution in [0.25, 0.3) is 0 Å². The summed E-state index contributed by atoms with van der Waals surface area (Å²) in [6, 6.07) is 2.74. The highest BCUT2D eigenvalue weighted by Crippen LogP contribution is 2.22. The zero-order valence-corrected chi connectivity index (χ0v) is 11.5. The first-order valence-corrected chi connectivity index (χ1v) is 7.85. The minimum Gasteiger partial charge on any atom is -0.302 e. The van der Waals surface area contributed by atoms with Gasteiger partial charge in [0.2, 0.25) is 0 Å². The number of nitrogens with one attached hydrogen (secondary N) is 1. The standard InChI is InChI=1S/C11H21N3O2S/c1-11(8-12,13-10-4-5-10)9-14(2)6-7-17(3,15)16/h10,13H,4-7,9H2,1-3H3. The summed E-state index contributed by atoms with van der Waals surface area (Å²) in [5, 5.41) is 12.5. The molecule has 0 radical (unpaired) electrons. The average Bonchev–Trinajstić information content (AvgIpc) is 2.97. The van der Waals surface area contributed by atoms with E-state index in [2.05, 4.69) is 11.4 Å². The Bertz CT molecular complexity index is 397. The van der Waals surface area contributed by atoms with Crippen LogP contribution in [-0.2, 0) is 9.84 Å². The van der Waals surface area contributed by atoms with Crippen LogP contribution < -0.4 is 5.32 Å². The molecule has 1 unspecified atom stereocenters. The van der Waals surface area contributed by atoms with Crippen molar-refractivity contribution >= 4 is 9.84 Å². The van der Waals surface area contributed by atoms with Crippen molar-refractivity contribution in [3.63, 3.8) is 0 Å². The highest BCUT2D eigenvalue weighted by Gasteiger charge is 2.33. The van der Waals surface area contributed by atoms with Crippen molar-refractivity contribution in [1.29, 1.82) is 5.26 Å². The summed E-state index contributed by atoms with van der Waals surface area (Å²) in [7, 11) is -1.09. The molecular weight excluding hydrogens is 238 g/mol. The fourth-order valence-electron chi connectivity index (χ4n) is 1.73. The summed E-state index contributed by atoms with van der Waals surface area (Å²) in [4.78, 5) is 1.89. The summed E-state index contributed by atoms with van der Waals surface area (Å²) in [5.74, 6) is 0.133. The Morgan fingerprint density at radius 1 is 1.53 bits per heavy atom. The lowest BCUT2D eigenvalue weighted by Crippen LogP contribution is -2.51. The van der Waals surface area contributed by atoms with Crippen LogP contribution in [0.15, 0.2) is 0 Å². The maximum atomic E-state index is 11.1. The van der Waals surface area contributed by atoms with E-state index in [4.69, 9.17) is 0 Å². The third-order valence-electron chi connectivity index (χ3n) is 2.78. The number of likely N-dealkylation sites (N-methyl/N-ethyl adjacent to an activating group) is 1. The van der Waals surface area contributed by atoms with Crippen LogP contribution in [-0.4, -0.2) is 57.0 Å². The van der Waals surface area contributed by atoms with Gasteiger partial charge < -0.3 is 4.90 Å². The van der Waals surface area contributed by atoms with E-state index in [-0.39, 0.29) is 5.75 Å². The number of hydrogen-bond donors (Lipinski definition) is 1. The van der Waals surface area contributed by atoms with E-state index < -0.39 is 15.4 Å². The van der Waals surface area contributed by atoms with Crippen molar-refractivity contribution in [1.82, 2.24) is 10.2 Å². The fourth-order valence-corrected chi connectivity index (χ4v) is 2.38. The summed E-state index contributed by atoms with van der Waals surface area (Å²) in [6.45, 7) is 2.86. The quantitative estimate of drug-likeness (QED) is 0.696. The predicted molar refractivity (Wildman–Crippen MR) is 67.4 cm³/mol. The van der Waals surface area contributed by atoms with Gasteiger partial charge in [0.25, 0.3) is 0 Å². The maximum Gasteiger partial charge on any atom is 0.148 e. The average molecular weight is 259 g/mol. The van der Waals surface area contributed by atoms with Crippen LogP contribution in [0.4, 0.5) is 0 Å². The van der Waals surface area contributed by atoms with Gasteiger partial charge in [-0.25, -0.2) is 8.42 Å². The van der Waals surface area contributed by atoms with E-state index in [1.807, 2.05) is 18.9 Å². The van der Waals surface area contributed by atoms with E-state index in [9.17, 15) is 13.7 Å². The summed E-state index contributed by atoms with van der Waals surface area (Å²) >= 11 is 0. The Kier molecular flexibility index (Phi) is 4.53. The van der Waals surface area contributed by atoms with Crippen molar-refractivity contribution in [3.05, 3.63) is 0 Å². The van der Waals surface area contributed by atoms with Gasteiger partial charge in [0.05, 0.1) is 11.8 Å².